The molecule has 6 rings (SSSR count). The van der Waals surface area contributed by atoms with Crippen molar-refractivity contribution in [2.45, 2.75) is 69.7 Å². The minimum absolute atomic E-state index is 0. The van der Waals surface area contributed by atoms with Gasteiger partial charge in [-0.2, -0.15) is 22.8 Å². The van der Waals surface area contributed by atoms with E-state index in [4.69, 9.17) is 19.3 Å². The largest absolute Gasteiger partial charge is 1.00 e. The molecule has 4 fully saturated rings. The van der Waals surface area contributed by atoms with E-state index in [-0.39, 0.29) is 48.2 Å². The Labute approximate surface area is 268 Å². The molecule has 4 atom stereocenters. The zero-order valence-electron chi connectivity index (χ0n) is 23.1. The van der Waals surface area contributed by atoms with Crippen molar-refractivity contribution in [1.29, 1.82) is 0 Å². The number of aromatic nitrogens is 2. The van der Waals surface area contributed by atoms with E-state index < -0.39 is 44.9 Å². The molecule has 0 aliphatic carbocycles. The number of carbonyl (C=O) groups excluding carboxylic acids is 2. The minimum Gasteiger partial charge on any atom is -0.724 e. The monoisotopic (exact) mass is 657 g/mol. The van der Waals surface area contributed by atoms with Gasteiger partial charge in [-0.25, -0.2) is 18.0 Å². The maximum absolute atomic E-state index is 12.2. The Morgan fingerprint density at radius 1 is 0.907 bits per heavy atom. The van der Waals surface area contributed by atoms with Crippen LogP contribution in [0, 0.1) is 0 Å². The number of carbonyl (C=O) groups is 2. The molecule has 2 aromatic rings. The van der Waals surface area contributed by atoms with E-state index in [0.717, 1.165) is 0 Å². The molecule has 3 N–H and O–H groups in total. The van der Waals surface area contributed by atoms with Gasteiger partial charge >= 0.3 is 52.0 Å². The van der Waals surface area contributed by atoms with Gasteiger partial charge in [0, 0.05) is 31.6 Å². The van der Waals surface area contributed by atoms with Crippen LogP contribution in [0.25, 0.3) is 0 Å². The van der Waals surface area contributed by atoms with Crippen molar-refractivity contribution >= 4 is 32.9 Å². The van der Waals surface area contributed by atoms with Gasteiger partial charge < -0.3 is 29.1 Å². The molecule has 0 saturated carbocycles. The average molecular weight is 658 g/mol. The number of fused-ring (bicyclic) bond motifs is 4. The van der Waals surface area contributed by atoms with Crippen LogP contribution in [0.2, 0.25) is 0 Å². The van der Waals surface area contributed by atoms with Crippen molar-refractivity contribution in [1.82, 2.24) is 30.2 Å². The first-order valence-electron chi connectivity index (χ1n) is 12.9. The number of hydroxylamine groups is 4. The minimum atomic E-state index is -4.97. The predicted octanol–water partition coefficient (Wildman–Crippen LogP) is -2.62. The molecule has 4 bridgehead atoms. The number of nitrogens with two attached hydrogens (primary N) is 1. The first-order valence-corrected chi connectivity index (χ1v) is 15.6. The Balaban J connectivity index is 0.000000192. The Morgan fingerprint density at radius 3 is 1.77 bits per heavy atom. The van der Waals surface area contributed by atoms with Gasteiger partial charge in [0.25, 0.3) is 0 Å². The quantitative estimate of drug-likeness (QED) is 0.167. The maximum atomic E-state index is 12.2. The molecule has 4 saturated heterocycles. The van der Waals surface area contributed by atoms with Crippen molar-refractivity contribution in [3.05, 3.63) is 35.0 Å². The summed E-state index contributed by atoms with van der Waals surface area (Å²) in [5.41, 5.74) is 6.65. The number of rotatable bonds is 8. The summed E-state index contributed by atoms with van der Waals surface area (Å²) in [6.07, 6.45) is 2.92. The summed E-state index contributed by atoms with van der Waals surface area (Å²) in [5, 5.41) is 9.19. The molecule has 0 spiro atoms. The fourth-order valence-electron chi connectivity index (χ4n) is 5.51. The van der Waals surface area contributed by atoms with E-state index >= 15 is 0 Å². The summed E-state index contributed by atoms with van der Waals surface area (Å²) in [7, 11) is -9.70. The van der Waals surface area contributed by atoms with Crippen LogP contribution in [0.3, 0.4) is 0 Å². The summed E-state index contributed by atoms with van der Waals surface area (Å²) < 4.78 is 81.2. The van der Waals surface area contributed by atoms with E-state index in [2.05, 4.69) is 18.9 Å². The molecule has 4 aliphatic heterocycles. The van der Waals surface area contributed by atoms with Crippen molar-refractivity contribution in [3.8, 4) is 0 Å². The van der Waals surface area contributed by atoms with E-state index in [9.17, 15) is 31.0 Å². The van der Waals surface area contributed by atoms with Gasteiger partial charge in [0.1, 0.15) is 17.1 Å². The van der Waals surface area contributed by atoms with Crippen LogP contribution in [-0.4, -0.2) is 93.4 Å². The normalized spacial score (nSPS) is 25.1. The van der Waals surface area contributed by atoms with Crippen LogP contribution >= 0.6 is 0 Å². The molecular weight excluding hydrogens is 629 g/mol. The molecule has 6 heterocycles. The third kappa shape index (κ3) is 7.32. The van der Waals surface area contributed by atoms with E-state index in [0.29, 0.717) is 78.2 Å². The van der Waals surface area contributed by atoms with Gasteiger partial charge in [-0.3, -0.25) is 4.55 Å². The van der Waals surface area contributed by atoms with E-state index in [1.165, 1.54) is 9.80 Å². The van der Waals surface area contributed by atoms with Crippen molar-refractivity contribution < 1.29 is 82.7 Å². The third-order valence-corrected chi connectivity index (χ3v) is 8.07. The molecular formula is C21H28N7NaO12S2. The van der Waals surface area contributed by atoms with Gasteiger partial charge in [-0.1, -0.05) is 17.2 Å². The summed E-state index contributed by atoms with van der Waals surface area (Å²) in [6.45, 7) is 2.72. The second kappa shape index (κ2) is 12.9. The Hall–Kier alpha value is -2.34. The van der Waals surface area contributed by atoms with Gasteiger partial charge in [0.2, 0.25) is 10.4 Å². The number of urea groups is 2. The zero-order valence-corrected chi connectivity index (χ0v) is 26.8. The Morgan fingerprint density at radius 2 is 1.37 bits per heavy atom. The number of nitrogens with zero attached hydrogens (tertiary/aromatic N) is 6. The molecule has 43 heavy (non-hydrogen) atoms. The number of piperidine rings is 2. The van der Waals surface area contributed by atoms with Crippen molar-refractivity contribution in [2.75, 3.05) is 13.1 Å². The van der Waals surface area contributed by atoms with Crippen molar-refractivity contribution in [3.63, 3.8) is 0 Å². The number of hydrogen-bond acceptors (Lipinski definition) is 14. The first kappa shape index (κ1) is 33.6. The molecule has 0 aromatic carbocycles. The van der Waals surface area contributed by atoms with Gasteiger partial charge in [-0.15, -0.1) is 4.28 Å². The summed E-state index contributed by atoms with van der Waals surface area (Å²) in [6, 6.07) is 0.719. The Bertz CT molecular complexity index is 1440. The van der Waals surface area contributed by atoms with E-state index in [1.54, 1.807) is 12.1 Å². The molecule has 22 heteroatoms. The van der Waals surface area contributed by atoms with Crippen LogP contribution in [0.5, 0.6) is 0 Å². The van der Waals surface area contributed by atoms with Crippen LogP contribution in [0.15, 0.2) is 21.2 Å². The average Bonchev–Trinajstić information content (AvgIpc) is 3.70. The molecule has 4 aliphatic rings. The SMILES string of the molecule is CCc1cc([C@@H]2CC[C@@H]3CN2C(=O)N3OS(=O)(=O)[O-])no1.NCc1cc([C@@H]2CC[C@@H]3CN2C(=O)N3OS(=O)(=O)O)no1.[Na+]. The topological polar surface area (TPSA) is 255 Å². The van der Waals surface area contributed by atoms with Gasteiger partial charge in [0.05, 0.1) is 30.7 Å². The molecule has 4 amide bonds. The van der Waals surface area contributed by atoms with E-state index in [1.807, 2.05) is 6.92 Å². The number of aryl methyl sites for hydroxylation is 1. The third-order valence-electron chi connectivity index (χ3n) is 7.38. The second-order valence-electron chi connectivity index (χ2n) is 9.99. The molecule has 0 unspecified atom stereocenters. The molecule has 0 radical (unpaired) electrons. The van der Waals surface area contributed by atoms with Crippen LogP contribution in [0.4, 0.5) is 9.59 Å². The van der Waals surface area contributed by atoms with Crippen LogP contribution in [-0.2, 0) is 42.3 Å². The standard InChI is InChI=1S/C11H15N3O6S.C10H14N4O6S.Na/c1-2-8-5-9(12-19-8)10-4-3-7-6-13(10)11(15)14(7)20-21(16,17)18;11-4-7-3-8(12-19-7)9-2-1-6-5-13(9)10(15)14(6)20-21(16,17)18;/h5,7,10H,2-4,6H2,1H3,(H,16,17,18);3,6,9H,1-2,4-5,11H2,(H,16,17,18);/q;;+1/p-1/t7-,10+;6-,9+;/m11./s1. The fourth-order valence-corrected chi connectivity index (χ4v) is 6.28. The predicted molar refractivity (Wildman–Crippen MR) is 133 cm³/mol. The van der Waals surface area contributed by atoms with Crippen molar-refractivity contribution in [2.24, 2.45) is 5.73 Å². The molecule has 232 valence electrons. The summed E-state index contributed by atoms with van der Waals surface area (Å²) in [5.74, 6) is 1.22. The smallest absolute Gasteiger partial charge is 0.724 e. The molecule has 2 aromatic heterocycles. The number of hydrogen-bond donors (Lipinski definition) is 2. The first-order chi connectivity index (χ1) is 19.8. The summed E-state index contributed by atoms with van der Waals surface area (Å²) >= 11 is 0. The Kier molecular flexibility index (Phi) is 10.1. The maximum Gasteiger partial charge on any atom is 1.00 e. The second-order valence-corrected chi connectivity index (χ2v) is 12.0. The molecule has 19 nitrogen and oxygen atoms in total. The number of amides is 4. The van der Waals surface area contributed by atoms with Crippen LogP contribution < -0.4 is 35.3 Å². The van der Waals surface area contributed by atoms with Gasteiger partial charge in [0.15, 0.2) is 5.76 Å². The van der Waals surface area contributed by atoms with Crippen LogP contribution in [0.1, 0.15) is 67.6 Å². The zero-order chi connectivity index (χ0) is 30.4. The fraction of sp³-hybridized carbons (Fsp3) is 0.619. The van der Waals surface area contributed by atoms with Gasteiger partial charge in [-0.05, 0) is 25.7 Å². The summed E-state index contributed by atoms with van der Waals surface area (Å²) in [4.78, 5) is 27.3.